The lowest BCUT2D eigenvalue weighted by molar-refractivity contribution is -0.0526. The molecule has 0 aromatic heterocycles. The molecular weight excluding hydrogens is 212 g/mol. The zero-order valence-electron chi connectivity index (χ0n) is 11.0. The topological polar surface area (TPSA) is 40.5 Å². The van der Waals surface area contributed by atoms with Crippen molar-refractivity contribution in [3.05, 3.63) is 0 Å². The highest BCUT2D eigenvalue weighted by Gasteiger charge is 2.34. The summed E-state index contributed by atoms with van der Waals surface area (Å²) in [6.45, 7) is 0. The molecule has 1 unspecified atom stereocenters. The third-order valence-corrected chi connectivity index (χ3v) is 4.82. The van der Waals surface area contributed by atoms with E-state index in [0.717, 1.165) is 38.5 Å². The monoisotopic (exact) mass is 240 g/mol. The summed E-state index contributed by atoms with van der Waals surface area (Å²) >= 11 is 0. The SMILES string of the molecule is OC(CC1(O)CCCCC1)C1CCCCCC1. The lowest BCUT2D eigenvalue weighted by Crippen LogP contribution is -2.38. The largest absolute Gasteiger partial charge is 0.393 e. The molecule has 0 amide bonds. The zero-order valence-corrected chi connectivity index (χ0v) is 11.0. The fourth-order valence-corrected chi connectivity index (χ4v) is 3.67. The van der Waals surface area contributed by atoms with E-state index in [1.807, 2.05) is 0 Å². The van der Waals surface area contributed by atoms with E-state index in [4.69, 9.17) is 0 Å². The second-order valence-corrected chi connectivity index (χ2v) is 6.31. The lowest BCUT2D eigenvalue weighted by Gasteiger charge is -2.35. The van der Waals surface area contributed by atoms with Crippen molar-refractivity contribution < 1.29 is 10.2 Å². The zero-order chi connectivity index (χ0) is 12.1. The van der Waals surface area contributed by atoms with E-state index < -0.39 is 5.60 Å². The van der Waals surface area contributed by atoms with Crippen LogP contribution in [-0.2, 0) is 0 Å². The first-order chi connectivity index (χ1) is 8.20. The number of hydrogen-bond donors (Lipinski definition) is 2. The molecule has 0 heterocycles. The van der Waals surface area contributed by atoms with Crippen molar-refractivity contribution in [1.82, 2.24) is 0 Å². The molecule has 1 atom stereocenters. The molecule has 0 aromatic rings. The summed E-state index contributed by atoms with van der Waals surface area (Å²) in [6.07, 6.45) is 13.2. The Bertz CT molecular complexity index is 213. The average molecular weight is 240 g/mol. The molecule has 0 radical (unpaired) electrons. The summed E-state index contributed by atoms with van der Waals surface area (Å²) in [6, 6.07) is 0. The first-order valence-corrected chi connectivity index (χ1v) is 7.60. The van der Waals surface area contributed by atoms with E-state index in [-0.39, 0.29) is 6.10 Å². The van der Waals surface area contributed by atoms with Gasteiger partial charge in [0.15, 0.2) is 0 Å². The molecule has 0 aromatic carbocycles. The Morgan fingerprint density at radius 2 is 1.41 bits per heavy atom. The van der Waals surface area contributed by atoms with Gasteiger partial charge in [0.2, 0.25) is 0 Å². The van der Waals surface area contributed by atoms with Crippen LogP contribution in [-0.4, -0.2) is 21.9 Å². The Kier molecular flexibility index (Phi) is 4.87. The fraction of sp³-hybridized carbons (Fsp3) is 1.00. The molecule has 2 fully saturated rings. The van der Waals surface area contributed by atoms with Crippen molar-refractivity contribution in [3.63, 3.8) is 0 Å². The summed E-state index contributed by atoms with van der Waals surface area (Å²) in [5.74, 6) is 0.448. The molecule has 2 rings (SSSR count). The minimum Gasteiger partial charge on any atom is -0.393 e. The van der Waals surface area contributed by atoms with Crippen LogP contribution >= 0.6 is 0 Å². The van der Waals surface area contributed by atoms with Crippen LogP contribution in [0.4, 0.5) is 0 Å². The van der Waals surface area contributed by atoms with Crippen LogP contribution in [0.15, 0.2) is 0 Å². The summed E-state index contributed by atoms with van der Waals surface area (Å²) in [5, 5.41) is 20.8. The molecule has 2 aliphatic carbocycles. The highest BCUT2D eigenvalue weighted by Crippen LogP contribution is 2.35. The Hall–Kier alpha value is -0.0800. The predicted molar refractivity (Wildman–Crippen MR) is 69.9 cm³/mol. The Morgan fingerprint density at radius 3 is 2.00 bits per heavy atom. The maximum absolute atomic E-state index is 10.5. The third kappa shape index (κ3) is 3.96. The van der Waals surface area contributed by atoms with Gasteiger partial charge in [0.1, 0.15) is 0 Å². The number of rotatable bonds is 3. The summed E-state index contributed by atoms with van der Waals surface area (Å²) < 4.78 is 0. The number of aliphatic hydroxyl groups excluding tert-OH is 1. The van der Waals surface area contributed by atoms with E-state index in [0.29, 0.717) is 12.3 Å². The minimum atomic E-state index is -0.552. The number of aliphatic hydroxyl groups is 2. The van der Waals surface area contributed by atoms with Crippen molar-refractivity contribution in [1.29, 1.82) is 0 Å². The Labute approximate surface area is 105 Å². The molecule has 2 N–H and O–H groups in total. The van der Waals surface area contributed by atoms with Crippen molar-refractivity contribution in [2.24, 2.45) is 5.92 Å². The van der Waals surface area contributed by atoms with Crippen molar-refractivity contribution >= 4 is 0 Å². The van der Waals surface area contributed by atoms with Crippen LogP contribution in [0.3, 0.4) is 0 Å². The quantitative estimate of drug-likeness (QED) is 0.742. The molecule has 100 valence electrons. The van der Waals surface area contributed by atoms with Crippen LogP contribution < -0.4 is 0 Å². The molecule has 0 spiro atoms. The standard InChI is InChI=1S/C15H28O2/c16-14(13-8-4-1-2-5-9-13)12-15(17)10-6-3-7-11-15/h13-14,16-17H,1-12H2. The highest BCUT2D eigenvalue weighted by atomic mass is 16.3. The van der Waals surface area contributed by atoms with E-state index >= 15 is 0 Å². The van der Waals surface area contributed by atoms with Gasteiger partial charge in [-0.2, -0.15) is 0 Å². The minimum absolute atomic E-state index is 0.267. The second-order valence-electron chi connectivity index (χ2n) is 6.31. The van der Waals surface area contributed by atoms with E-state index in [2.05, 4.69) is 0 Å². The van der Waals surface area contributed by atoms with Gasteiger partial charge in [-0.3, -0.25) is 0 Å². The van der Waals surface area contributed by atoms with Crippen LogP contribution in [0.5, 0.6) is 0 Å². The summed E-state index contributed by atoms with van der Waals surface area (Å²) in [4.78, 5) is 0. The molecular formula is C15H28O2. The normalized spacial score (nSPS) is 28.6. The maximum Gasteiger partial charge on any atom is 0.0672 e. The molecule has 0 bridgehead atoms. The van der Waals surface area contributed by atoms with Gasteiger partial charge in [-0.15, -0.1) is 0 Å². The molecule has 17 heavy (non-hydrogen) atoms. The third-order valence-electron chi connectivity index (χ3n) is 4.82. The van der Waals surface area contributed by atoms with Gasteiger partial charge < -0.3 is 10.2 Å². The molecule has 2 heteroatoms. The van der Waals surface area contributed by atoms with E-state index in [1.165, 1.54) is 32.1 Å². The van der Waals surface area contributed by atoms with Crippen LogP contribution in [0.25, 0.3) is 0 Å². The van der Waals surface area contributed by atoms with Gasteiger partial charge in [-0.1, -0.05) is 44.9 Å². The predicted octanol–water partition coefficient (Wildman–Crippen LogP) is 3.40. The molecule has 0 saturated heterocycles. The van der Waals surface area contributed by atoms with Gasteiger partial charge in [0.05, 0.1) is 11.7 Å². The van der Waals surface area contributed by atoms with Gasteiger partial charge in [0, 0.05) is 6.42 Å². The lowest BCUT2D eigenvalue weighted by atomic mass is 9.78. The molecule has 0 aliphatic heterocycles. The molecule has 2 aliphatic rings. The van der Waals surface area contributed by atoms with Crippen molar-refractivity contribution in [2.75, 3.05) is 0 Å². The highest BCUT2D eigenvalue weighted by molar-refractivity contribution is 4.87. The first-order valence-electron chi connectivity index (χ1n) is 7.60. The van der Waals surface area contributed by atoms with Gasteiger partial charge in [-0.25, -0.2) is 0 Å². The fourth-order valence-electron chi connectivity index (χ4n) is 3.67. The smallest absolute Gasteiger partial charge is 0.0672 e. The van der Waals surface area contributed by atoms with E-state index in [9.17, 15) is 10.2 Å². The van der Waals surface area contributed by atoms with Gasteiger partial charge >= 0.3 is 0 Å². The van der Waals surface area contributed by atoms with Crippen LogP contribution in [0.2, 0.25) is 0 Å². The van der Waals surface area contributed by atoms with Crippen molar-refractivity contribution in [3.8, 4) is 0 Å². The summed E-state index contributed by atoms with van der Waals surface area (Å²) in [5.41, 5.74) is -0.552. The van der Waals surface area contributed by atoms with E-state index in [1.54, 1.807) is 0 Å². The first kappa shape index (κ1) is 13.4. The second kappa shape index (κ2) is 6.19. The van der Waals surface area contributed by atoms with Gasteiger partial charge in [-0.05, 0) is 31.6 Å². The van der Waals surface area contributed by atoms with Crippen LogP contribution in [0.1, 0.15) is 77.0 Å². The molecule has 2 nitrogen and oxygen atoms in total. The van der Waals surface area contributed by atoms with Gasteiger partial charge in [0.25, 0.3) is 0 Å². The Balaban J connectivity index is 1.83. The number of hydrogen-bond acceptors (Lipinski definition) is 2. The molecule has 2 saturated carbocycles. The van der Waals surface area contributed by atoms with Crippen LogP contribution in [0, 0.1) is 5.92 Å². The summed E-state index contributed by atoms with van der Waals surface area (Å²) in [7, 11) is 0. The Morgan fingerprint density at radius 1 is 0.882 bits per heavy atom. The average Bonchev–Trinajstić information content (AvgIpc) is 2.57. The van der Waals surface area contributed by atoms with Crippen molar-refractivity contribution in [2.45, 2.75) is 88.8 Å². The maximum atomic E-state index is 10.5.